The maximum Gasteiger partial charge on any atom is 0.0504 e. The molecule has 0 bridgehead atoms. The summed E-state index contributed by atoms with van der Waals surface area (Å²) in [4.78, 5) is 0. The minimum Gasteiger partial charge on any atom is -0.399 e. The van der Waals surface area contributed by atoms with Gasteiger partial charge in [-0.15, -0.1) is 0 Å². The number of benzene rings is 1. The molecule has 14 heavy (non-hydrogen) atoms. The van der Waals surface area contributed by atoms with E-state index < -0.39 is 0 Å². The summed E-state index contributed by atoms with van der Waals surface area (Å²) >= 11 is 4.32. The molecule has 0 spiro atoms. The van der Waals surface area contributed by atoms with E-state index in [1.807, 2.05) is 12.1 Å². The van der Waals surface area contributed by atoms with Gasteiger partial charge in [0.25, 0.3) is 0 Å². The number of nitrogens with two attached hydrogens (primary N) is 1. The Kier molecular flexibility index (Phi) is 2.42. The molecule has 0 radical (unpaired) electrons. The van der Waals surface area contributed by atoms with Crippen molar-refractivity contribution in [2.75, 3.05) is 5.73 Å². The van der Waals surface area contributed by atoms with E-state index in [0.717, 1.165) is 18.0 Å². The average Bonchev–Trinajstić information content (AvgIpc) is 2.55. The van der Waals surface area contributed by atoms with Gasteiger partial charge >= 0.3 is 0 Å². The number of anilines is 1. The van der Waals surface area contributed by atoms with Crippen LogP contribution in [0.25, 0.3) is 10.9 Å². The lowest BCUT2D eigenvalue weighted by Gasteiger charge is -2.00. The van der Waals surface area contributed by atoms with E-state index in [9.17, 15) is 0 Å². The van der Waals surface area contributed by atoms with Crippen molar-refractivity contribution in [2.45, 2.75) is 19.2 Å². The van der Waals surface area contributed by atoms with Crippen molar-refractivity contribution in [1.82, 2.24) is 4.57 Å². The van der Waals surface area contributed by atoms with Crippen LogP contribution in [0.1, 0.15) is 12.5 Å². The van der Waals surface area contributed by atoms with Crippen molar-refractivity contribution >= 4 is 29.2 Å². The normalized spacial score (nSPS) is 11.0. The second-order valence-corrected chi connectivity index (χ2v) is 3.69. The summed E-state index contributed by atoms with van der Waals surface area (Å²) in [6, 6.07) is 6.03. The van der Waals surface area contributed by atoms with Gasteiger partial charge in [-0.25, -0.2) is 0 Å². The zero-order chi connectivity index (χ0) is 10.1. The highest BCUT2D eigenvalue weighted by molar-refractivity contribution is 7.79. The minimum absolute atomic E-state index is 0.771. The predicted molar refractivity (Wildman–Crippen MR) is 64.7 cm³/mol. The van der Waals surface area contributed by atoms with Crippen molar-refractivity contribution in [3.8, 4) is 0 Å². The number of aryl methyl sites for hydroxylation is 1. The molecule has 0 aliphatic rings. The molecule has 0 aliphatic heterocycles. The van der Waals surface area contributed by atoms with Crippen LogP contribution in [0.15, 0.2) is 24.4 Å². The third-order valence-corrected chi connectivity index (χ3v) is 2.84. The van der Waals surface area contributed by atoms with Gasteiger partial charge in [-0.05, 0) is 24.6 Å². The number of fused-ring (bicyclic) bond motifs is 1. The third kappa shape index (κ3) is 1.38. The first-order valence-electron chi connectivity index (χ1n) is 4.74. The Hall–Kier alpha value is -1.09. The Morgan fingerprint density at radius 2 is 2.21 bits per heavy atom. The molecule has 1 aromatic heterocycles. The summed E-state index contributed by atoms with van der Waals surface area (Å²) in [5.74, 6) is 0.771. The Labute approximate surface area is 89.1 Å². The number of rotatable bonds is 2. The molecule has 0 saturated carbocycles. The smallest absolute Gasteiger partial charge is 0.0504 e. The topological polar surface area (TPSA) is 30.9 Å². The predicted octanol–water partition coefficient (Wildman–Crippen LogP) is 2.67. The molecule has 2 N–H and O–H groups in total. The molecule has 0 aliphatic carbocycles. The van der Waals surface area contributed by atoms with Gasteiger partial charge in [0.1, 0.15) is 0 Å². The lowest BCUT2D eigenvalue weighted by atomic mass is 10.2. The maximum atomic E-state index is 5.77. The summed E-state index contributed by atoms with van der Waals surface area (Å²) < 4.78 is 2.21. The van der Waals surface area contributed by atoms with Crippen LogP contribution in [0.5, 0.6) is 0 Å². The van der Waals surface area contributed by atoms with E-state index in [2.05, 4.69) is 36.4 Å². The molecule has 2 nitrogen and oxygen atoms in total. The molecule has 0 saturated heterocycles. The van der Waals surface area contributed by atoms with E-state index in [1.54, 1.807) is 0 Å². The molecular formula is C11H14N2S. The monoisotopic (exact) mass is 206 g/mol. The number of aromatic nitrogens is 1. The molecule has 0 amide bonds. The fourth-order valence-electron chi connectivity index (χ4n) is 1.77. The van der Waals surface area contributed by atoms with Crippen LogP contribution >= 0.6 is 12.6 Å². The Bertz CT molecular complexity index is 460. The van der Waals surface area contributed by atoms with Crippen LogP contribution in [0, 0.1) is 0 Å². The maximum absolute atomic E-state index is 5.77. The van der Waals surface area contributed by atoms with Gasteiger partial charge in [0.15, 0.2) is 0 Å². The van der Waals surface area contributed by atoms with Gasteiger partial charge in [0.05, 0.1) is 5.52 Å². The van der Waals surface area contributed by atoms with E-state index in [-0.39, 0.29) is 0 Å². The van der Waals surface area contributed by atoms with Crippen LogP contribution in [0.4, 0.5) is 5.69 Å². The largest absolute Gasteiger partial charge is 0.399 e. The van der Waals surface area contributed by atoms with Crippen molar-refractivity contribution in [3.63, 3.8) is 0 Å². The Morgan fingerprint density at radius 3 is 2.86 bits per heavy atom. The van der Waals surface area contributed by atoms with Gasteiger partial charge in [-0.2, -0.15) is 12.6 Å². The number of thiol groups is 1. The van der Waals surface area contributed by atoms with Gasteiger partial charge in [-0.3, -0.25) is 0 Å². The quantitative estimate of drug-likeness (QED) is 0.574. The fraction of sp³-hybridized carbons (Fsp3) is 0.273. The summed E-state index contributed by atoms with van der Waals surface area (Å²) in [7, 11) is 0. The summed E-state index contributed by atoms with van der Waals surface area (Å²) in [6.07, 6.45) is 2.15. The molecule has 1 aromatic carbocycles. The molecular weight excluding hydrogens is 192 g/mol. The number of nitrogen functional groups attached to an aromatic ring is 1. The highest BCUT2D eigenvalue weighted by atomic mass is 32.1. The van der Waals surface area contributed by atoms with E-state index in [1.165, 1.54) is 16.5 Å². The highest BCUT2D eigenvalue weighted by Crippen LogP contribution is 2.24. The SMILES string of the molecule is CCn1cc(CS)c2ccc(N)cc21. The number of hydrogen-bond acceptors (Lipinski definition) is 2. The second-order valence-electron chi connectivity index (χ2n) is 3.38. The Morgan fingerprint density at radius 1 is 1.43 bits per heavy atom. The molecule has 0 atom stereocenters. The molecule has 3 heteroatoms. The van der Waals surface area contributed by atoms with E-state index in [4.69, 9.17) is 5.73 Å². The fourth-order valence-corrected chi connectivity index (χ4v) is 2.02. The summed E-state index contributed by atoms with van der Waals surface area (Å²) in [5, 5.41) is 1.26. The zero-order valence-electron chi connectivity index (χ0n) is 8.20. The first kappa shape index (κ1) is 9.46. The van der Waals surface area contributed by atoms with Gasteiger partial charge < -0.3 is 10.3 Å². The van der Waals surface area contributed by atoms with E-state index in [0.29, 0.717) is 0 Å². The lowest BCUT2D eigenvalue weighted by molar-refractivity contribution is 0.795. The lowest BCUT2D eigenvalue weighted by Crippen LogP contribution is -1.91. The van der Waals surface area contributed by atoms with Gasteiger partial charge in [0, 0.05) is 29.6 Å². The number of nitrogens with zero attached hydrogens (tertiary/aromatic N) is 1. The van der Waals surface area contributed by atoms with Crippen LogP contribution in [0.2, 0.25) is 0 Å². The van der Waals surface area contributed by atoms with Crippen LogP contribution in [-0.4, -0.2) is 4.57 Å². The standard InChI is InChI=1S/C11H14N2S/c1-2-13-6-8(7-14)10-4-3-9(12)5-11(10)13/h3-6,14H,2,7,12H2,1H3. The first-order chi connectivity index (χ1) is 6.76. The van der Waals surface area contributed by atoms with Crippen LogP contribution < -0.4 is 5.73 Å². The number of hydrogen-bond donors (Lipinski definition) is 2. The van der Waals surface area contributed by atoms with Crippen molar-refractivity contribution in [3.05, 3.63) is 30.0 Å². The zero-order valence-corrected chi connectivity index (χ0v) is 9.09. The summed E-state index contributed by atoms with van der Waals surface area (Å²) in [6.45, 7) is 3.10. The third-order valence-electron chi connectivity index (χ3n) is 2.50. The van der Waals surface area contributed by atoms with Crippen LogP contribution in [-0.2, 0) is 12.3 Å². The van der Waals surface area contributed by atoms with Crippen molar-refractivity contribution in [2.24, 2.45) is 0 Å². The first-order valence-corrected chi connectivity index (χ1v) is 5.37. The van der Waals surface area contributed by atoms with Crippen molar-refractivity contribution in [1.29, 1.82) is 0 Å². The van der Waals surface area contributed by atoms with Gasteiger partial charge in [0.2, 0.25) is 0 Å². The highest BCUT2D eigenvalue weighted by Gasteiger charge is 2.05. The average molecular weight is 206 g/mol. The minimum atomic E-state index is 0.771. The van der Waals surface area contributed by atoms with Crippen molar-refractivity contribution < 1.29 is 0 Å². The molecule has 2 aromatic rings. The van der Waals surface area contributed by atoms with Crippen LogP contribution in [0.3, 0.4) is 0 Å². The van der Waals surface area contributed by atoms with E-state index >= 15 is 0 Å². The molecule has 0 unspecified atom stereocenters. The van der Waals surface area contributed by atoms with Gasteiger partial charge in [-0.1, -0.05) is 6.07 Å². The molecule has 1 heterocycles. The molecule has 2 rings (SSSR count). The molecule has 74 valence electrons. The summed E-state index contributed by atoms with van der Waals surface area (Å²) in [5.41, 5.74) is 9.06. The molecule has 0 fully saturated rings. The second kappa shape index (κ2) is 3.58. The Balaban J connectivity index is 2.75.